The van der Waals surface area contributed by atoms with E-state index in [9.17, 15) is 13.2 Å². The second kappa shape index (κ2) is 13.0. The first kappa shape index (κ1) is 31.4. The van der Waals surface area contributed by atoms with Gasteiger partial charge >= 0.3 is 0 Å². The van der Waals surface area contributed by atoms with E-state index in [1.54, 1.807) is 34.8 Å². The minimum absolute atomic E-state index is 0.0529. The van der Waals surface area contributed by atoms with Gasteiger partial charge in [0.25, 0.3) is 5.56 Å². The highest BCUT2D eigenvalue weighted by molar-refractivity contribution is 7.91. The van der Waals surface area contributed by atoms with Crippen molar-refractivity contribution >= 4 is 72.7 Å². The molecule has 1 aliphatic rings. The summed E-state index contributed by atoms with van der Waals surface area (Å²) in [5, 5.41) is 10.0. The van der Waals surface area contributed by atoms with Crippen molar-refractivity contribution in [3.8, 4) is 16.3 Å². The lowest BCUT2D eigenvalue weighted by molar-refractivity contribution is 0.432. The number of benzene rings is 2. The first-order valence-electron chi connectivity index (χ1n) is 14.1. The van der Waals surface area contributed by atoms with Crippen molar-refractivity contribution in [2.75, 3.05) is 62.8 Å². The zero-order valence-corrected chi connectivity index (χ0v) is 27.6. The number of nitrogens with one attached hydrogen (secondary N) is 2. The van der Waals surface area contributed by atoms with E-state index < -0.39 is 15.4 Å². The Hall–Kier alpha value is -3.59. The first-order valence-corrected chi connectivity index (χ1v) is 17.4. The lowest BCUT2D eigenvalue weighted by Crippen LogP contribution is -2.43. The number of aromatic nitrogens is 4. The smallest absolute Gasteiger partial charge is 0.266 e. The number of sulfone groups is 1. The molecular formula is C30H30Cl2N8O3S2. The van der Waals surface area contributed by atoms with Crippen LogP contribution in [-0.4, -0.2) is 85.4 Å². The number of fused-ring (bicyclic) bond motifs is 1. The van der Waals surface area contributed by atoms with E-state index in [0.29, 0.717) is 39.0 Å². The third-order valence-electron chi connectivity index (χ3n) is 7.41. The van der Waals surface area contributed by atoms with E-state index in [1.807, 2.05) is 32.3 Å². The van der Waals surface area contributed by atoms with Crippen molar-refractivity contribution in [1.82, 2.24) is 29.7 Å². The Morgan fingerprint density at radius 2 is 1.82 bits per heavy atom. The van der Waals surface area contributed by atoms with Gasteiger partial charge in [0.15, 0.2) is 20.6 Å². The third kappa shape index (κ3) is 6.69. The van der Waals surface area contributed by atoms with Crippen molar-refractivity contribution in [2.45, 2.75) is 4.90 Å². The maximum Gasteiger partial charge on any atom is 0.266 e. The van der Waals surface area contributed by atoms with Crippen molar-refractivity contribution in [1.29, 1.82) is 0 Å². The van der Waals surface area contributed by atoms with E-state index in [2.05, 4.69) is 25.5 Å². The first-order chi connectivity index (χ1) is 21.6. The molecule has 0 spiro atoms. The lowest BCUT2D eigenvalue weighted by atomic mass is 10.1. The van der Waals surface area contributed by atoms with Crippen LogP contribution in [0.3, 0.4) is 0 Å². The van der Waals surface area contributed by atoms with Crippen LogP contribution in [0.1, 0.15) is 0 Å². The summed E-state index contributed by atoms with van der Waals surface area (Å²) in [6.07, 6.45) is 3.22. The number of pyridine rings is 1. The normalized spacial score (nSPS) is 13.9. The molecule has 0 amide bonds. The summed E-state index contributed by atoms with van der Waals surface area (Å²) < 4.78 is 27.2. The van der Waals surface area contributed by atoms with Gasteiger partial charge in [0.2, 0.25) is 5.95 Å². The van der Waals surface area contributed by atoms with Gasteiger partial charge in [0, 0.05) is 77.7 Å². The molecule has 1 aliphatic heterocycles. The summed E-state index contributed by atoms with van der Waals surface area (Å²) in [5.41, 5.74) is 2.26. The molecule has 0 bridgehead atoms. The molecule has 1 fully saturated rings. The van der Waals surface area contributed by atoms with Gasteiger partial charge in [-0.1, -0.05) is 29.3 Å². The summed E-state index contributed by atoms with van der Waals surface area (Å²) in [6, 6.07) is 11.8. The van der Waals surface area contributed by atoms with Crippen LogP contribution in [0.25, 0.3) is 27.3 Å². The fraction of sp³-hybridized carbons (Fsp3) is 0.267. The van der Waals surface area contributed by atoms with E-state index in [1.165, 1.54) is 28.0 Å². The molecule has 2 N–H and O–H groups in total. The monoisotopic (exact) mass is 684 g/mol. The standard InChI is InChI=1S/C30H30Cl2N8O3S2/c1-38(2)12-14-45(42,43)21-4-5-22(24(31)17-21)23-15-19-18-35-29(37-27(19)40(28(23)41)30-34-9-13-44-30)36-20-3-6-26(25(32)16-20)39-10-7-33-8-11-39/h3-6,9,13,15-18,33H,7-8,10-12,14H2,1-2H3,(H,35,36,37). The minimum atomic E-state index is -3.56. The van der Waals surface area contributed by atoms with Gasteiger partial charge in [0.1, 0.15) is 0 Å². The van der Waals surface area contributed by atoms with Gasteiger partial charge in [-0.15, -0.1) is 11.3 Å². The van der Waals surface area contributed by atoms with Gasteiger partial charge in [-0.25, -0.2) is 23.0 Å². The number of rotatable bonds is 9. The Morgan fingerprint density at radius 3 is 2.51 bits per heavy atom. The number of hydrogen-bond acceptors (Lipinski definition) is 11. The number of nitrogens with zero attached hydrogens (tertiary/aromatic N) is 6. The number of anilines is 3. The lowest BCUT2D eigenvalue weighted by Gasteiger charge is -2.30. The fourth-order valence-corrected chi connectivity index (χ4v) is 7.76. The summed E-state index contributed by atoms with van der Waals surface area (Å²) in [4.78, 5) is 31.7. The second-order valence-electron chi connectivity index (χ2n) is 10.8. The molecule has 0 atom stereocenters. The summed E-state index contributed by atoms with van der Waals surface area (Å²) in [7, 11) is 0.0518. The second-order valence-corrected chi connectivity index (χ2v) is 14.6. The number of halogens is 2. The topological polar surface area (TPSA) is 125 Å². The van der Waals surface area contributed by atoms with Crippen LogP contribution >= 0.6 is 34.5 Å². The zero-order valence-electron chi connectivity index (χ0n) is 24.5. The highest BCUT2D eigenvalue weighted by Crippen LogP contribution is 2.33. The van der Waals surface area contributed by atoms with Crippen LogP contribution < -0.4 is 21.1 Å². The molecule has 15 heteroatoms. The Morgan fingerprint density at radius 1 is 1.02 bits per heavy atom. The molecule has 0 unspecified atom stereocenters. The third-order valence-corrected chi connectivity index (χ3v) is 10.5. The number of piperazine rings is 1. The van der Waals surface area contributed by atoms with Gasteiger partial charge < -0.3 is 20.4 Å². The van der Waals surface area contributed by atoms with Crippen molar-refractivity contribution in [3.63, 3.8) is 0 Å². The molecule has 234 valence electrons. The Labute approximate surface area is 274 Å². The molecule has 0 saturated carbocycles. The van der Waals surface area contributed by atoms with Crippen LogP contribution in [0.4, 0.5) is 17.3 Å². The Balaban J connectivity index is 1.37. The minimum Gasteiger partial charge on any atom is -0.368 e. The maximum atomic E-state index is 14.0. The van der Waals surface area contributed by atoms with Crippen molar-refractivity contribution < 1.29 is 8.42 Å². The van der Waals surface area contributed by atoms with E-state index in [0.717, 1.165) is 31.9 Å². The molecule has 5 aromatic rings. The summed E-state index contributed by atoms with van der Waals surface area (Å²) >= 11 is 14.6. The van der Waals surface area contributed by atoms with Crippen molar-refractivity contribution in [3.05, 3.63) is 80.6 Å². The molecule has 4 heterocycles. The summed E-state index contributed by atoms with van der Waals surface area (Å²) in [5.74, 6) is 0.221. The van der Waals surface area contributed by atoms with Crippen LogP contribution in [0.15, 0.2) is 69.9 Å². The average Bonchev–Trinajstić information content (AvgIpc) is 3.55. The SMILES string of the molecule is CN(C)CCS(=O)(=O)c1ccc(-c2cc3cnc(Nc4ccc(N5CCNCC5)c(Cl)c4)nc3n(-c3nccs3)c2=O)c(Cl)c1. The van der Waals surface area contributed by atoms with E-state index >= 15 is 0 Å². The van der Waals surface area contributed by atoms with Crippen LogP contribution in [0, 0.1) is 0 Å². The van der Waals surface area contributed by atoms with Crippen LogP contribution in [0.2, 0.25) is 10.0 Å². The van der Waals surface area contributed by atoms with E-state index in [-0.39, 0.29) is 27.2 Å². The molecule has 2 aromatic carbocycles. The van der Waals surface area contributed by atoms with Gasteiger partial charge in [-0.2, -0.15) is 4.98 Å². The highest BCUT2D eigenvalue weighted by Gasteiger charge is 2.21. The fourth-order valence-electron chi connectivity index (χ4n) is 5.06. The summed E-state index contributed by atoms with van der Waals surface area (Å²) in [6.45, 7) is 3.93. The quantitative estimate of drug-likeness (QED) is 0.226. The zero-order chi connectivity index (χ0) is 31.7. The van der Waals surface area contributed by atoms with E-state index in [4.69, 9.17) is 28.2 Å². The molecule has 0 radical (unpaired) electrons. The van der Waals surface area contributed by atoms with Gasteiger partial charge in [0.05, 0.1) is 21.4 Å². The van der Waals surface area contributed by atoms with Crippen LogP contribution in [0.5, 0.6) is 0 Å². The van der Waals surface area contributed by atoms with Gasteiger partial charge in [-0.3, -0.25) is 4.79 Å². The average molecular weight is 686 g/mol. The molecule has 45 heavy (non-hydrogen) atoms. The molecular weight excluding hydrogens is 655 g/mol. The van der Waals surface area contributed by atoms with Crippen molar-refractivity contribution in [2.24, 2.45) is 0 Å². The number of hydrogen-bond donors (Lipinski definition) is 2. The molecule has 6 rings (SSSR count). The molecule has 3 aromatic heterocycles. The molecule has 0 aliphatic carbocycles. The predicted molar refractivity (Wildman–Crippen MR) is 182 cm³/mol. The van der Waals surface area contributed by atoms with Gasteiger partial charge in [-0.05, 0) is 50.5 Å². The highest BCUT2D eigenvalue weighted by atomic mass is 35.5. The van der Waals surface area contributed by atoms with Crippen LogP contribution in [-0.2, 0) is 9.84 Å². The Bertz CT molecular complexity index is 2030. The molecule has 1 saturated heterocycles. The predicted octanol–water partition coefficient (Wildman–Crippen LogP) is 4.70. The largest absolute Gasteiger partial charge is 0.368 e. The number of thiazole rings is 1. The maximum absolute atomic E-state index is 14.0. The molecule has 11 nitrogen and oxygen atoms in total. The Kier molecular flexibility index (Phi) is 9.09.